The number of rotatable bonds is 9. The second-order valence-electron chi connectivity index (χ2n) is 8.77. The second-order valence-corrected chi connectivity index (χ2v) is 8.77. The Kier molecular flexibility index (Phi) is 7.55. The van der Waals surface area contributed by atoms with Gasteiger partial charge in [0.15, 0.2) is 5.43 Å². The van der Waals surface area contributed by atoms with Crippen molar-refractivity contribution in [2.24, 2.45) is 0 Å². The van der Waals surface area contributed by atoms with Crippen LogP contribution in [0.5, 0.6) is 0 Å². The lowest BCUT2D eigenvalue weighted by molar-refractivity contribution is 0.0948. The summed E-state index contributed by atoms with van der Waals surface area (Å²) in [5.41, 5.74) is 5.48. The average molecular weight is 470 g/mol. The minimum atomic E-state index is -0.352. The maximum Gasteiger partial charge on any atom is 0.257 e. The number of amides is 1. The van der Waals surface area contributed by atoms with Gasteiger partial charge in [0.25, 0.3) is 5.91 Å². The second kappa shape index (κ2) is 11.0. The fraction of sp³-hybridized carbons (Fsp3) is 0.286. The first kappa shape index (κ1) is 24.1. The van der Waals surface area contributed by atoms with Crippen molar-refractivity contribution in [2.45, 2.75) is 46.7 Å². The van der Waals surface area contributed by atoms with Crippen LogP contribution in [-0.2, 0) is 25.9 Å². The van der Waals surface area contributed by atoms with Gasteiger partial charge in [-0.25, -0.2) is 0 Å². The smallest absolute Gasteiger partial charge is 0.257 e. The van der Waals surface area contributed by atoms with Crippen LogP contribution in [0.15, 0.2) is 71.7 Å². The summed E-state index contributed by atoms with van der Waals surface area (Å²) in [6.45, 7) is 7.24. The summed E-state index contributed by atoms with van der Waals surface area (Å²) in [6, 6.07) is 19.4. The van der Waals surface area contributed by atoms with E-state index in [1.165, 1.54) is 0 Å². The molecule has 7 heteroatoms. The third kappa shape index (κ3) is 5.93. The first-order valence-electron chi connectivity index (χ1n) is 11.9. The zero-order chi connectivity index (χ0) is 24.8. The molecule has 4 aromatic rings. The standard InChI is InChI=1S/C28H31N5O2/c1-20-17-22(3)33(31-20)16-15-30-28(35)27-25(13-12-23-9-5-4-6-10-23)32(21(2)18-26(27)34)19-24-11-7-8-14-29-24/h4-11,14,17-18H,12-13,15-16,19H2,1-3H3,(H,30,35). The fourth-order valence-electron chi connectivity index (χ4n) is 4.38. The molecule has 1 amide bonds. The maximum atomic E-state index is 13.3. The van der Waals surface area contributed by atoms with Gasteiger partial charge in [-0.05, 0) is 57.4 Å². The largest absolute Gasteiger partial charge is 0.350 e. The number of aromatic nitrogens is 4. The molecule has 0 aliphatic heterocycles. The van der Waals surface area contributed by atoms with Crippen molar-refractivity contribution >= 4 is 5.91 Å². The number of benzene rings is 1. The van der Waals surface area contributed by atoms with Crippen LogP contribution in [0.3, 0.4) is 0 Å². The lowest BCUT2D eigenvalue weighted by atomic mass is 10.0. The Balaban J connectivity index is 1.64. The SMILES string of the molecule is Cc1cc(C)n(CCNC(=O)c2c(CCc3ccccc3)n(Cc3ccccn3)c(C)cc2=O)n1. The molecule has 1 N–H and O–H groups in total. The van der Waals surface area contributed by atoms with Crippen LogP contribution in [0.4, 0.5) is 0 Å². The van der Waals surface area contributed by atoms with Crippen molar-refractivity contribution in [1.29, 1.82) is 0 Å². The van der Waals surface area contributed by atoms with E-state index in [0.29, 0.717) is 26.1 Å². The summed E-state index contributed by atoms with van der Waals surface area (Å²) in [6.07, 6.45) is 3.04. The predicted molar refractivity (Wildman–Crippen MR) is 137 cm³/mol. The Morgan fingerprint density at radius 1 is 0.943 bits per heavy atom. The van der Waals surface area contributed by atoms with Gasteiger partial charge in [-0.2, -0.15) is 5.10 Å². The summed E-state index contributed by atoms with van der Waals surface area (Å²) in [5, 5.41) is 7.39. The molecule has 0 aliphatic carbocycles. The highest BCUT2D eigenvalue weighted by molar-refractivity contribution is 5.95. The number of nitrogens with one attached hydrogen (secondary N) is 1. The first-order valence-corrected chi connectivity index (χ1v) is 11.9. The van der Waals surface area contributed by atoms with Crippen LogP contribution in [-0.4, -0.2) is 31.8 Å². The monoisotopic (exact) mass is 469 g/mol. The van der Waals surface area contributed by atoms with Gasteiger partial charge >= 0.3 is 0 Å². The van der Waals surface area contributed by atoms with Crippen molar-refractivity contribution < 1.29 is 4.79 Å². The third-order valence-corrected chi connectivity index (χ3v) is 6.11. The molecule has 1 aromatic carbocycles. The molecule has 0 fully saturated rings. The van der Waals surface area contributed by atoms with E-state index in [4.69, 9.17) is 0 Å². The number of nitrogens with zero attached hydrogens (tertiary/aromatic N) is 4. The molecule has 180 valence electrons. The van der Waals surface area contributed by atoms with Crippen LogP contribution < -0.4 is 10.7 Å². The van der Waals surface area contributed by atoms with E-state index in [2.05, 4.69) is 27.5 Å². The number of pyridine rings is 2. The van der Waals surface area contributed by atoms with Crippen LogP contribution >= 0.6 is 0 Å². The van der Waals surface area contributed by atoms with E-state index >= 15 is 0 Å². The van der Waals surface area contributed by atoms with E-state index in [1.807, 2.05) is 72.5 Å². The molecule has 0 saturated carbocycles. The van der Waals surface area contributed by atoms with Gasteiger partial charge in [0, 0.05) is 35.9 Å². The van der Waals surface area contributed by atoms with Gasteiger partial charge in [0.1, 0.15) is 5.56 Å². The Labute approximate surface area is 205 Å². The van der Waals surface area contributed by atoms with Crippen LogP contribution in [0.25, 0.3) is 0 Å². The topological polar surface area (TPSA) is 81.8 Å². The Morgan fingerprint density at radius 3 is 2.40 bits per heavy atom. The van der Waals surface area contributed by atoms with Crippen molar-refractivity contribution in [2.75, 3.05) is 6.54 Å². The summed E-state index contributed by atoms with van der Waals surface area (Å²) >= 11 is 0. The van der Waals surface area contributed by atoms with Crippen LogP contribution in [0, 0.1) is 20.8 Å². The van der Waals surface area contributed by atoms with Gasteiger partial charge in [0.05, 0.1) is 24.5 Å². The Hall–Kier alpha value is -4.00. The van der Waals surface area contributed by atoms with Crippen molar-refractivity contribution in [3.05, 3.63) is 117 Å². The fourth-order valence-corrected chi connectivity index (χ4v) is 4.38. The lowest BCUT2D eigenvalue weighted by Gasteiger charge is -2.20. The molecule has 0 spiro atoms. The number of carbonyl (C=O) groups is 1. The first-order chi connectivity index (χ1) is 16.9. The normalized spacial score (nSPS) is 10.9. The highest BCUT2D eigenvalue weighted by Crippen LogP contribution is 2.15. The van der Waals surface area contributed by atoms with Crippen LogP contribution in [0.2, 0.25) is 0 Å². The summed E-state index contributed by atoms with van der Waals surface area (Å²) in [4.78, 5) is 30.9. The minimum Gasteiger partial charge on any atom is -0.350 e. The molecule has 0 saturated heterocycles. The van der Waals surface area contributed by atoms with E-state index in [0.717, 1.165) is 40.5 Å². The van der Waals surface area contributed by atoms with Crippen molar-refractivity contribution in [3.63, 3.8) is 0 Å². The van der Waals surface area contributed by atoms with Crippen molar-refractivity contribution in [3.8, 4) is 0 Å². The number of hydrogen-bond donors (Lipinski definition) is 1. The summed E-state index contributed by atoms with van der Waals surface area (Å²) in [5.74, 6) is -0.352. The van der Waals surface area contributed by atoms with E-state index in [1.54, 1.807) is 12.3 Å². The van der Waals surface area contributed by atoms with Gasteiger partial charge in [-0.1, -0.05) is 36.4 Å². The molecule has 3 heterocycles. The molecular formula is C28H31N5O2. The number of carbonyl (C=O) groups excluding carboxylic acids is 1. The zero-order valence-electron chi connectivity index (χ0n) is 20.5. The number of hydrogen-bond acceptors (Lipinski definition) is 4. The van der Waals surface area contributed by atoms with Gasteiger partial charge < -0.3 is 9.88 Å². The molecule has 0 aliphatic rings. The summed E-state index contributed by atoms with van der Waals surface area (Å²) < 4.78 is 3.91. The van der Waals surface area contributed by atoms with Crippen LogP contribution in [0.1, 0.15) is 44.4 Å². The molecule has 0 unspecified atom stereocenters. The quantitative estimate of drug-likeness (QED) is 0.406. The van der Waals surface area contributed by atoms with E-state index in [-0.39, 0.29) is 16.9 Å². The molecule has 3 aromatic heterocycles. The van der Waals surface area contributed by atoms with Crippen molar-refractivity contribution in [1.82, 2.24) is 24.6 Å². The highest BCUT2D eigenvalue weighted by Gasteiger charge is 2.20. The molecule has 0 radical (unpaired) electrons. The molecule has 4 rings (SSSR count). The minimum absolute atomic E-state index is 0.204. The average Bonchev–Trinajstić information content (AvgIpc) is 3.17. The Morgan fingerprint density at radius 2 is 1.71 bits per heavy atom. The predicted octanol–water partition coefficient (Wildman–Crippen LogP) is 3.63. The third-order valence-electron chi connectivity index (χ3n) is 6.11. The zero-order valence-corrected chi connectivity index (χ0v) is 20.5. The number of aryl methyl sites for hydroxylation is 4. The highest BCUT2D eigenvalue weighted by atomic mass is 16.2. The molecule has 35 heavy (non-hydrogen) atoms. The lowest BCUT2D eigenvalue weighted by Crippen LogP contribution is -2.35. The molecule has 7 nitrogen and oxygen atoms in total. The molecule has 0 bridgehead atoms. The van der Waals surface area contributed by atoms with E-state index in [9.17, 15) is 9.59 Å². The van der Waals surface area contributed by atoms with E-state index < -0.39 is 0 Å². The van der Waals surface area contributed by atoms with Gasteiger partial charge in [0.2, 0.25) is 0 Å². The molecule has 0 atom stereocenters. The summed E-state index contributed by atoms with van der Waals surface area (Å²) in [7, 11) is 0. The van der Waals surface area contributed by atoms with Gasteiger partial charge in [-0.3, -0.25) is 19.3 Å². The maximum absolute atomic E-state index is 13.3. The molecular weight excluding hydrogens is 438 g/mol. The van der Waals surface area contributed by atoms with Gasteiger partial charge in [-0.15, -0.1) is 0 Å². The Bertz CT molecular complexity index is 1360.